The van der Waals surface area contributed by atoms with E-state index in [0.717, 1.165) is 11.8 Å². The molecule has 0 heterocycles. The molecule has 0 amide bonds. The molecule has 1 aromatic carbocycles. The molecule has 76 valence electrons. The smallest absolute Gasteiger partial charge is 0.0159 e. The van der Waals surface area contributed by atoms with Crippen LogP contribution in [-0.4, -0.2) is 0 Å². The second kappa shape index (κ2) is 4.63. The monoisotopic (exact) mass is 188 g/mol. The Morgan fingerprint density at radius 3 is 2.64 bits per heavy atom. The lowest BCUT2D eigenvalue weighted by Crippen LogP contribution is -1.95. The number of hydrogen-bond donors (Lipinski definition) is 0. The molecule has 1 saturated carbocycles. The van der Waals surface area contributed by atoms with Crippen molar-refractivity contribution >= 4 is 0 Å². The first-order valence-electron chi connectivity index (χ1n) is 5.95. The van der Waals surface area contributed by atoms with Crippen molar-refractivity contribution in [3.63, 3.8) is 0 Å². The van der Waals surface area contributed by atoms with Crippen molar-refractivity contribution in [3.05, 3.63) is 35.9 Å². The van der Waals surface area contributed by atoms with Crippen molar-refractivity contribution in [1.29, 1.82) is 0 Å². The molecule has 0 heteroatoms. The van der Waals surface area contributed by atoms with Gasteiger partial charge in [0, 0.05) is 0 Å². The Labute approximate surface area is 87.3 Å². The van der Waals surface area contributed by atoms with E-state index in [1.807, 2.05) is 0 Å². The lowest BCUT2D eigenvalue weighted by Gasteiger charge is -2.10. The van der Waals surface area contributed by atoms with E-state index >= 15 is 0 Å². The average Bonchev–Trinajstić information content (AvgIpc) is 2.68. The second-order valence-corrected chi connectivity index (χ2v) is 4.58. The van der Waals surface area contributed by atoms with Crippen LogP contribution in [0.4, 0.5) is 0 Å². The van der Waals surface area contributed by atoms with E-state index < -0.39 is 0 Å². The van der Waals surface area contributed by atoms with Crippen LogP contribution in [0.2, 0.25) is 0 Å². The molecule has 0 nitrogen and oxygen atoms in total. The Morgan fingerprint density at radius 2 is 1.93 bits per heavy atom. The largest absolute Gasteiger partial charge is 0.0654 e. The molecule has 0 radical (unpaired) electrons. The van der Waals surface area contributed by atoms with Gasteiger partial charge in [0.25, 0.3) is 0 Å². The van der Waals surface area contributed by atoms with Crippen LogP contribution in [0.25, 0.3) is 0 Å². The summed E-state index contributed by atoms with van der Waals surface area (Å²) in [5.41, 5.74) is 1.56. The van der Waals surface area contributed by atoms with Gasteiger partial charge < -0.3 is 0 Å². The molecule has 2 unspecified atom stereocenters. The first kappa shape index (κ1) is 9.76. The fourth-order valence-electron chi connectivity index (χ4n) is 2.77. The molecule has 0 bridgehead atoms. The van der Waals surface area contributed by atoms with Crippen LogP contribution in [0, 0.1) is 5.92 Å². The van der Waals surface area contributed by atoms with Gasteiger partial charge in [-0.2, -0.15) is 0 Å². The third kappa shape index (κ3) is 2.17. The number of hydrogen-bond acceptors (Lipinski definition) is 0. The van der Waals surface area contributed by atoms with E-state index in [9.17, 15) is 0 Å². The summed E-state index contributed by atoms with van der Waals surface area (Å²) in [4.78, 5) is 0. The molecular formula is C14H20. The highest BCUT2D eigenvalue weighted by Gasteiger charge is 2.24. The Balaban J connectivity index is 1.96. The fraction of sp³-hybridized carbons (Fsp3) is 0.571. The summed E-state index contributed by atoms with van der Waals surface area (Å²) in [7, 11) is 0. The summed E-state index contributed by atoms with van der Waals surface area (Å²) < 4.78 is 0. The standard InChI is InChI=1S/C14H20/c1-2-6-12-9-10-14(11-12)13-7-4-3-5-8-13/h3-5,7-8,12,14H,2,6,9-11H2,1H3. The first-order valence-corrected chi connectivity index (χ1v) is 5.95. The highest BCUT2D eigenvalue weighted by Crippen LogP contribution is 2.39. The average molecular weight is 188 g/mol. The molecule has 2 atom stereocenters. The summed E-state index contributed by atoms with van der Waals surface area (Å²) in [6, 6.07) is 11.0. The Bertz CT molecular complexity index is 263. The molecule has 1 aromatic rings. The second-order valence-electron chi connectivity index (χ2n) is 4.58. The van der Waals surface area contributed by atoms with Crippen molar-refractivity contribution in [3.8, 4) is 0 Å². The molecule has 1 aliphatic carbocycles. The zero-order valence-corrected chi connectivity index (χ0v) is 9.08. The quantitative estimate of drug-likeness (QED) is 0.660. The van der Waals surface area contributed by atoms with Crippen LogP contribution in [-0.2, 0) is 0 Å². The highest BCUT2D eigenvalue weighted by atomic mass is 14.3. The summed E-state index contributed by atoms with van der Waals surface area (Å²) in [5.74, 6) is 1.86. The van der Waals surface area contributed by atoms with Crippen molar-refractivity contribution in [2.45, 2.75) is 44.9 Å². The van der Waals surface area contributed by atoms with Crippen LogP contribution >= 0.6 is 0 Å². The normalized spacial score (nSPS) is 26.6. The molecular weight excluding hydrogens is 168 g/mol. The minimum atomic E-state index is 0.854. The lowest BCUT2D eigenvalue weighted by atomic mass is 9.95. The molecule has 0 aliphatic heterocycles. The minimum absolute atomic E-state index is 0.854. The van der Waals surface area contributed by atoms with Gasteiger partial charge in [0.05, 0.1) is 0 Å². The summed E-state index contributed by atoms with van der Waals surface area (Å²) >= 11 is 0. The summed E-state index contributed by atoms with van der Waals surface area (Å²) in [5, 5.41) is 0. The molecule has 0 spiro atoms. The van der Waals surface area contributed by atoms with Gasteiger partial charge in [0.2, 0.25) is 0 Å². The van der Waals surface area contributed by atoms with E-state index in [-0.39, 0.29) is 0 Å². The topological polar surface area (TPSA) is 0 Å². The minimum Gasteiger partial charge on any atom is -0.0654 e. The predicted octanol–water partition coefficient (Wildman–Crippen LogP) is 4.37. The van der Waals surface area contributed by atoms with Crippen molar-refractivity contribution in [2.24, 2.45) is 5.92 Å². The van der Waals surface area contributed by atoms with Gasteiger partial charge >= 0.3 is 0 Å². The lowest BCUT2D eigenvalue weighted by molar-refractivity contribution is 0.489. The molecule has 2 rings (SSSR count). The van der Waals surface area contributed by atoms with E-state index in [0.29, 0.717) is 0 Å². The van der Waals surface area contributed by atoms with Gasteiger partial charge in [-0.15, -0.1) is 0 Å². The van der Waals surface area contributed by atoms with Crippen molar-refractivity contribution < 1.29 is 0 Å². The van der Waals surface area contributed by atoms with Crippen molar-refractivity contribution in [1.82, 2.24) is 0 Å². The fourth-order valence-corrected chi connectivity index (χ4v) is 2.77. The van der Waals surface area contributed by atoms with Gasteiger partial charge in [-0.25, -0.2) is 0 Å². The predicted molar refractivity (Wildman–Crippen MR) is 61.4 cm³/mol. The van der Waals surface area contributed by atoms with Gasteiger partial charge in [-0.1, -0.05) is 50.1 Å². The zero-order chi connectivity index (χ0) is 9.80. The third-order valence-corrected chi connectivity index (χ3v) is 3.51. The van der Waals surface area contributed by atoms with Gasteiger partial charge in [0.1, 0.15) is 0 Å². The third-order valence-electron chi connectivity index (χ3n) is 3.51. The van der Waals surface area contributed by atoms with Crippen LogP contribution in [0.5, 0.6) is 0 Å². The highest BCUT2D eigenvalue weighted by molar-refractivity contribution is 5.20. The van der Waals surface area contributed by atoms with Gasteiger partial charge in [0.15, 0.2) is 0 Å². The molecule has 14 heavy (non-hydrogen) atoms. The van der Waals surface area contributed by atoms with E-state index in [1.54, 1.807) is 5.56 Å². The molecule has 0 aromatic heterocycles. The molecule has 0 N–H and O–H groups in total. The Morgan fingerprint density at radius 1 is 1.14 bits per heavy atom. The van der Waals surface area contributed by atoms with Crippen LogP contribution in [0.3, 0.4) is 0 Å². The van der Waals surface area contributed by atoms with E-state index in [1.165, 1.54) is 32.1 Å². The maximum Gasteiger partial charge on any atom is -0.0159 e. The van der Waals surface area contributed by atoms with Crippen LogP contribution in [0.1, 0.15) is 50.5 Å². The van der Waals surface area contributed by atoms with E-state index in [4.69, 9.17) is 0 Å². The summed E-state index contributed by atoms with van der Waals surface area (Å²) in [6.45, 7) is 2.30. The molecule has 1 aliphatic rings. The van der Waals surface area contributed by atoms with Gasteiger partial charge in [-0.05, 0) is 36.7 Å². The molecule has 1 fully saturated rings. The van der Waals surface area contributed by atoms with Crippen LogP contribution in [0.15, 0.2) is 30.3 Å². The number of rotatable bonds is 3. The molecule has 0 saturated heterocycles. The Kier molecular flexibility index (Phi) is 3.23. The number of benzene rings is 1. The summed E-state index contributed by atoms with van der Waals surface area (Å²) in [6.07, 6.45) is 7.08. The zero-order valence-electron chi connectivity index (χ0n) is 9.08. The van der Waals surface area contributed by atoms with Gasteiger partial charge in [-0.3, -0.25) is 0 Å². The first-order chi connectivity index (χ1) is 6.90. The SMILES string of the molecule is CCCC1CCC(c2ccccc2)C1. The van der Waals surface area contributed by atoms with E-state index in [2.05, 4.69) is 37.3 Å². The van der Waals surface area contributed by atoms with Crippen molar-refractivity contribution in [2.75, 3.05) is 0 Å². The Hall–Kier alpha value is -0.780. The maximum atomic E-state index is 2.30. The maximum absolute atomic E-state index is 2.30. The van der Waals surface area contributed by atoms with Crippen LogP contribution < -0.4 is 0 Å².